The van der Waals surface area contributed by atoms with Gasteiger partial charge >= 0.3 is 16.4 Å². The van der Waals surface area contributed by atoms with Gasteiger partial charge in [0.15, 0.2) is 0 Å². The second kappa shape index (κ2) is 3.03. The summed E-state index contributed by atoms with van der Waals surface area (Å²) >= 11 is 0. The Morgan fingerprint density at radius 1 is 1.50 bits per heavy atom. The molecule has 6 heteroatoms. The first-order chi connectivity index (χ1) is 3.66. The predicted octanol–water partition coefficient (Wildman–Crippen LogP) is -1.23. The molecule has 0 saturated carbocycles. The van der Waals surface area contributed by atoms with Gasteiger partial charge in [-0.05, 0) is 0 Å². The summed E-state index contributed by atoms with van der Waals surface area (Å²) in [6, 6.07) is 0. The van der Waals surface area contributed by atoms with Crippen LogP contribution in [0, 0.1) is 0 Å². The standard InChI is InChI=1S/C2HNO4S/c4-1-2(5)3-8(6)7/h1H. The van der Waals surface area contributed by atoms with Gasteiger partial charge < -0.3 is 0 Å². The van der Waals surface area contributed by atoms with Crippen molar-refractivity contribution in [1.29, 1.82) is 0 Å². The van der Waals surface area contributed by atoms with E-state index in [4.69, 9.17) is 0 Å². The minimum absolute atomic E-state index is 0.185. The summed E-state index contributed by atoms with van der Waals surface area (Å²) in [7, 11) is -2.80. The molecule has 8 heavy (non-hydrogen) atoms. The van der Waals surface area contributed by atoms with E-state index in [2.05, 4.69) is 4.36 Å². The summed E-state index contributed by atoms with van der Waals surface area (Å²) in [6.07, 6.45) is -0.185. The third-order valence-corrected chi connectivity index (χ3v) is 0.594. The minimum atomic E-state index is -2.80. The topological polar surface area (TPSA) is 80.6 Å². The van der Waals surface area contributed by atoms with E-state index in [1.165, 1.54) is 0 Å². The summed E-state index contributed by atoms with van der Waals surface area (Å²) in [5.41, 5.74) is 0. The zero-order valence-corrected chi connectivity index (χ0v) is 4.38. The van der Waals surface area contributed by atoms with Gasteiger partial charge in [0.1, 0.15) is 0 Å². The Labute approximate surface area is 46.0 Å². The lowest BCUT2D eigenvalue weighted by Crippen LogP contribution is -1.90. The van der Waals surface area contributed by atoms with Gasteiger partial charge in [-0.25, -0.2) is 0 Å². The number of aldehydes is 1. The van der Waals surface area contributed by atoms with Gasteiger partial charge in [0.05, 0.1) is 0 Å². The number of carbonyl (C=O) groups is 2. The number of carbonyl (C=O) groups excluding carboxylic acids is 2. The van der Waals surface area contributed by atoms with Gasteiger partial charge in [-0.1, -0.05) is 4.36 Å². The first kappa shape index (κ1) is 6.96. The van der Waals surface area contributed by atoms with E-state index in [1.54, 1.807) is 0 Å². The van der Waals surface area contributed by atoms with Gasteiger partial charge in [-0.3, -0.25) is 9.59 Å². The lowest BCUT2D eigenvalue weighted by Gasteiger charge is -1.62. The van der Waals surface area contributed by atoms with Crippen LogP contribution in [0.15, 0.2) is 4.36 Å². The smallest absolute Gasteiger partial charge is 0.292 e. The fourth-order valence-electron chi connectivity index (χ4n) is 0.0950. The molecule has 0 aliphatic heterocycles. The lowest BCUT2D eigenvalue weighted by molar-refractivity contribution is -0.128. The van der Waals surface area contributed by atoms with E-state index in [1.807, 2.05) is 0 Å². The number of amides is 1. The summed E-state index contributed by atoms with van der Waals surface area (Å²) in [6.45, 7) is 0. The fraction of sp³-hybridized carbons (Fsp3) is 0. The molecule has 0 aromatic heterocycles. The zero-order chi connectivity index (χ0) is 6.57. The number of hydrogen-bond donors (Lipinski definition) is 0. The van der Waals surface area contributed by atoms with Crippen LogP contribution in [0.4, 0.5) is 0 Å². The second-order valence-electron chi connectivity index (χ2n) is 0.764. The maximum absolute atomic E-state index is 9.69. The molecule has 0 aliphatic rings. The van der Waals surface area contributed by atoms with Crippen molar-refractivity contribution in [2.75, 3.05) is 0 Å². The van der Waals surface area contributed by atoms with E-state index in [-0.39, 0.29) is 6.29 Å². The maximum Gasteiger partial charge on any atom is 0.324 e. The SMILES string of the molecule is O=CC(=O)N=S(=O)=O. The van der Waals surface area contributed by atoms with Crippen molar-refractivity contribution in [3.63, 3.8) is 0 Å². The Balaban J connectivity index is 4.34. The quantitative estimate of drug-likeness (QED) is 0.333. The number of rotatable bonds is 1. The molecule has 0 aliphatic carbocycles. The van der Waals surface area contributed by atoms with Crippen LogP contribution in [0.2, 0.25) is 0 Å². The second-order valence-corrected chi connectivity index (χ2v) is 1.38. The van der Waals surface area contributed by atoms with Crippen molar-refractivity contribution < 1.29 is 18.0 Å². The van der Waals surface area contributed by atoms with Gasteiger partial charge in [-0.15, -0.1) is 0 Å². The molecule has 0 fully saturated rings. The average Bonchev–Trinajstić information content (AvgIpc) is 1.65. The Morgan fingerprint density at radius 2 is 2.00 bits per heavy atom. The van der Waals surface area contributed by atoms with Gasteiger partial charge in [-0.2, -0.15) is 8.42 Å². The van der Waals surface area contributed by atoms with E-state index in [9.17, 15) is 18.0 Å². The average molecular weight is 135 g/mol. The summed E-state index contributed by atoms with van der Waals surface area (Å²) in [5, 5.41) is 0. The van der Waals surface area contributed by atoms with Crippen molar-refractivity contribution in [1.82, 2.24) is 0 Å². The van der Waals surface area contributed by atoms with Crippen LogP contribution in [0.3, 0.4) is 0 Å². The molecule has 0 aromatic rings. The van der Waals surface area contributed by atoms with Gasteiger partial charge in [0, 0.05) is 0 Å². The molecule has 0 saturated heterocycles. The minimum Gasteiger partial charge on any atom is -0.292 e. The van der Waals surface area contributed by atoms with Crippen LogP contribution in [0.25, 0.3) is 0 Å². The highest BCUT2D eigenvalue weighted by Crippen LogP contribution is 1.63. The van der Waals surface area contributed by atoms with E-state index in [0.29, 0.717) is 0 Å². The van der Waals surface area contributed by atoms with E-state index >= 15 is 0 Å². The fourth-order valence-corrected chi connectivity index (χ4v) is 0.285. The Hall–Kier alpha value is -1.04. The largest absolute Gasteiger partial charge is 0.324 e. The van der Waals surface area contributed by atoms with Crippen molar-refractivity contribution >= 4 is 22.7 Å². The van der Waals surface area contributed by atoms with Crippen LogP contribution < -0.4 is 0 Å². The molecule has 0 spiro atoms. The van der Waals surface area contributed by atoms with Crippen molar-refractivity contribution in [3.05, 3.63) is 0 Å². The molecule has 0 unspecified atom stereocenters. The first-order valence-corrected chi connectivity index (χ1v) is 2.50. The summed E-state index contributed by atoms with van der Waals surface area (Å²) in [4.78, 5) is 19.0. The van der Waals surface area contributed by atoms with Gasteiger partial charge in [0.25, 0.3) is 0 Å². The summed E-state index contributed by atoms with van der Waals surface area (Å²) in [5.74, 6) is -1.29. The molecule has 0 aromatic carbocycles. The third kappa shape index (κ3) is 3.16. The van der Waals surface area contributed by atoms with Crippen molar-refractivity contribution in [2.24, 2.45) is 4.36 Å². The molecule has 0 N–H and O–H groups in total. The molecule has 0 rings (SSSR count). The molecule has 0 bridgehead atoms. The van der Waals surface area contributed by atoms with Crippen molar-refractivity contribution in [3.8, 4) is 0 Å². The van der Waals surface area contributed by atoms with Crippen LogP contribution >= 0.6 is 0 Å². The highest BCUT2D eigenvalue weighted by Gasteiger charge is 1.90. The van der Waals surface area contributed by atoms with Crippen LogP contribution in [-0.2, 0) is 20.1 Å². The maximum atomic E-state index is 9.69. The van der Waals surface area contributed by atoms with Gasteiger partial charge in [0.2, 0.25) is 6.29 Å². The molecule has 44 valence electrons. The summed E-state index contributed by atoms with van der Waals surface area (Å²) < 4.78 is 21.2. The molecule has 5 nitrogen and oxygen atoms in total. The van der Waals surface area contributed by atoms with Crippen molar-refractivity contribution in [2.45, 2.75) is 0 Å². The molecular formula is C2HNO4S. The van der Waals surface area contributed by atoms with Crippen LogP contribution in [0.1, 0.15) is 0 Å². The highest BCUT2D eigenvalue weighted by atomic mass is 32.2. The predicted molar refractivity (Wildman–Crippen MR) is 22.4 cm³/mol. The number of nitrogens with zero attached hydrogens (tertiary/aromatic N) is 1. The third-order valence-electron chi connectivity index (χ3n) is 0.265. The Kier molecular flexibility index (Phi) is 2.63. The molecular weight excluding hydrogens is 134 g/mol. The first-order valence-electron chi connectivity index (χ1n) is 1.47. The van der Waals surface area contributed by atoms with E-state index < -0.39 is 16.4 Å². The monoisotopic (exact) mass is 135 g/mol. The highest BCUT2D eigenvalue weighted by molar-refractivity contribution is 7.62. The van der Waals surface area contributed by atoms with Crippen LogP contribution in [0.5, 0.6) is 0 Å². The molecule has 0 heterocycles. The number of hydrogen-bond acceptors (Lipinski definition) is 4. The zero-order valence-electron chi connectivity index (χ0n) is 3.57. The Morgan fingerprint density at radius 3 is 2.12 bits per heavy atom. The van der Waals surface area contributed by atoms with Crippen LogP contribution in [-0.4, -0.2) is 20.6 Å². The Bertz CT molecular complexity index is 216. The lowest BCUT2D eigenvalue weighted by atomic mass is 10.7. The molecule has 0 radical (unpaired) electrons. The van der Waals surface area contributed by atoms with E-state index in [0.717, 1.165) is 0 Å². The molecule has 0 atom stereocenters. The normalized spacial score (nSPS) is 7.50. The molecule has 1 amide bonds.